The highest BCUT2D eigenvalue weighted by Crippen LogP contribution is 2.24. The van der Waals surface area contributed by atoms with Gasteiger partial charge in [-0.05, 0) is 60.2 Å². The second-order valence-electron chi connectivity index (χ2n) is 8.15. The van der Waals surface area contributed by atoms with E-state index in [0.717, 1.165) is 27.5 Å². The van der Waals surface area contributed by atoms with E-state index in [4.69, 9.17) is 26.5 Å². The highest BCUT2D eigenvalue weighted by Gasteiger charge is 2.38. The van der Waals surface area contributed by atoms with Crippen LogP contribution in [0.1, 0.15) is 33.5 Å². The predicted molar refractivity (Wildman–Crippen MR) is 142 cm³/mol. The summed E-state index contributed by atoms with van der Waals surface area (Å²) in [6.07, 6.45) is -0.856. The number of carbonyl (C=O) groups excluding carboxylic acids is 2. The molecule has 0 spiro atoms. The number of fused-ring (bicyclic) bond motifs is 1. The molecule has 214 valence electrons. The van der Waals surface area contributed by atoms with Crippen molar-refractivity contribution in [3.8, 4) is 0 Å². The number of nitrogens with zero attached hydrogens (tertiary/aromatic N) is 2. The monoisotopic (exact) mass is 581 g/mol. The number of thiazole rings is 1. The number of halogens is 3. The summed E-state index contributed by atoms with van der Waals surface area (Å²) in [7, 11) is 0. The number of nitrogens with one attached hydrogen (secondary N) is 1. The van der Waals surface area contributed by atoms with Crippen LogP contribution >= 0.6 is 11.3 Å². The maximum Gasteiger partial charge on any atom is 0.490 e. The predicted octanol–water partition coefficient (Wildman–Crippen LogP) is 3.29. The number of aryl methyl sites for hydroxylation is 2. The number of benzene rings is 2. The van der Waals surface area contributed by atoms with Gasteiger partial charge in [0.2, 0.25) is 6.41 Å². The summed E-state index contributed by atoms with van der Waals surface area (Å²) in [6.45, 7) is -0.278. The zero-order valence-corrected chi connectivity index (χ0v) is 21.7. The maximum absolute atomic E-state index is 12.6. The van der Waals surface area contributed by atoms with Gasteiger partial charge in [0, 0.05) is 23.2 Å². The normalized spacial score (nSPS) is 11.6. The number of carbonyl (C=O) groups is 4. The van der Waals surface area contributed by atoms with Crippen molar-refractivity contribution in [1.82, 2.24) is 4.98 Å². The van der Waals surface area contributed by atoms with E-state index in [-0.39, 0.29) is 17.5 Å². The van der Waals surface area contributed by atoms with Crippen molar-refractivity contribution in [3.63, 3.8) is 0 Å². The van der Waals surface area contributed by atoms with Gasteiger partial charge < -0.3 is 27.0 Å². The lowest BCUT2D eigenvalue weighted by Gasteiger charge is -2.18. The molecule has 1 aliphatic rings. The van der Waals surface area contributed by atoms with Gasteiger partial charge in [-0.1, -0.05) is 18.2 Å². The van der Waals surface area contributed by atoms with Gasteiger partial charge in [0.15, 0.2) is 5.13 Å². The average Bonchev–Trinajstić information content (AvgIpc) is 3.56. The Morgan fingerprint density at radius 1 is 1.10 bits per heavy atom. The van der Waals surface area contributed by atoms with Gasteiger partial charge in [0.25, 0.3) is 5.91 Å². The third-order valence-electron chi connectivity index (χ3n) is 5.26. The molecule has 40 heavy (non-hydrogen) atoms. The Bertz CT molecular complexity index is 1350. The highest BCUT2D eigenvalue weighted by molar-refractivity contribution is 7.14. The Morgan fingerprint density at radius 2 is 1.77 bits per heavy atom. The van der Waals surface area contributed by atoms with Crippen molar-refractivity contribution in [2.75, 3.05) is 22.5 Å². The molecule has 1 aromatic heterocycles. The number of rotatable bonds is 7. The first-order valence-electron chi connectivity index (χ1n) is 11.5. The summed E-state index contributed by atoms with van der Waals surface area (Å²) in [4.78, 5) is 48.1. The van der Waals surface area contributed by atoms with Crippen LogP contribution in [0.3, 0.4) is 0 Å². The minimum absolute atomic E-state index is 0.157. The Kier molecular flexibility index (Phi) is 11.6. The number of carboxylic acids is 2. The van der Waals surface area contributed by atoms with Crippen LogP contribution in [0.25, 0.3) is 0 Å². The van der Waals surface area contributed by atoms with E-state index in [1.165, 1.54) is 35.8 Å². The van der Waals surface area contributed by atoms with Gasteiger partial charge >= 0.3 is 18.1 Å². The van der Waals surface area contributed by atoms with E-state index in [1.807, 2.05) is 6.07 Å². The van der Waals surface area contributed by atoms with E-state index in [2.05, 4.69) is 22.4 Å². The van der Waals surface area contributed by atoms with E-state index in [0.29, 0.717) is 12.0 Å². The quantitative estimate of drug-likeness (QED) is 0.206. The zero-order valence-electron chi connectivity index (χ0n) is 20.9. The lowest BCUT2D eigenvalue weighted by molar-refractivity contribution is -0.192. The number of amides is 2. The van der Waals surface area contributed by atoms with Crippen LogP contribution in [-0.4, -0.2) is 52.2 Å². The van der Waals surface area contributed by atoms with E-state index >= 15 is 0 Å². The molecular formula is C25H26F3N5O6S. The number of carboxylic acid groups (broad SMARTS) is 2. The van der Waals surface area contributed by atoms with Gasteiger partial charge in [-0.3, -0.25) is 19.3 Å². The third kappa shape index (κ3) is 9.67. The van der Waals surface area contributed by atoms with E-state index in [9.17, 15) is 27.6 Å². The van der Waals surface area contributed by atoms with Crippen molar-refractivity contribution >= 4 is 52.2 Å². The fourth-order valence-electron chi connectivity index (χ4n) is 3.48. The molecule has 0 saturated carbocycles. The Morgan fingerprint density at radius 3 is 2.38 bits per heavy atom. The van der Waals surface area contributed by atoms with Crippen molar-refractivity contribution in [1.29, 1.82) is 0 Å². The molecule has 0 atom stereocenters. The van der Waals surface area contributed by atoms with Crippen LogP contribution in [0, 0.1) is 0 Å². The second kappa shape index (κ2) is 14.6. The Hall–Kier alpha value is -4.50. The van der Waals surface area contributed by atoms with Gasteiger partial charge in [-0.15, -0.1) is 11.3 Å². The van der Waals surface area contributed by atoms with Crippen LogP contribution in [0.2, 0.25) is 0 Å². The molecule has 3 aromatic rings. The summed E-state index contributed by atoms with van der Waals surface area (Å²) >= 11 is 1.09. The molecule has 2 aromatic carbocycles. The lowest BCUT2D eigenvalue weighted by Crippen LogP contribution is -2.36. The Balaban J connectivity index is 0.000000268. The number of anilines is 3. The number of aliphatic carboxylic acids is 2. The molecule has 0 unspecified atom stereocenters. The molecule has 0 aliphatic heterocycles. The van der Waals surface area contributed by atoms with E-state index < -0.39 is 30.6 Å². The second-order valence-corrected chi connectivity index (χ2v) is 9.01. The molecule has 1 aliphatic carbocycles. The largest absolute Gasteiger partial charge is 0.490 e. The average molecular weight is 582 g/mol. The minimum atomic E-state index is -5.08. The number of aromatic nitrogens is 1. The number of alkyl halides is 3. The van der Waals surface area contributed by atoms with Crippen LogP contribution in [0.5, 0.6) is 0 Å². The van der Waals surface area contributed by atoms with Crippen molar-refractivity contribution < 1.29 is 42.6 Å². The van der Waals surface area contributed by atoms with Crippen LogP contribution in [-0.2, 0) is 33.8 Å². The lowest BCUT2D eigenvalue weighted by atomic mass is 10.1. The Labute approximate surface area is 230 Å². The third-order valence-corrected chi connectivity index (χ3v) is 6.03. The minimum Gasteiger partial charge on any atom is -0.480 e. The topological polar surface area (TPSA) is 189 Å². The molecule has 11 nitrogen and oxygen atoms in total. The highest BCUT2D eigenvalue weighted by atomic mass is 32.1. The van der Waals surface area contributed by atoms with Crippen LogP contribution in [0.15, 0.2) is 47.8 Å². The molecule has 7 N–H and O–H groups in total. The SMILES string of the molecule is NCc1cccc(C(=O)N(CC(=O)O)c2csc(NC=O)n2)c1.Nc1ccc2c(c1)CCC2.O=C(O)C(F)(F)F. The van der Waals surface area contributed by atoms with Gasteiger partial charge in [-0.2, -0.15) is 13.2 Å². The van der Waals surface area contributed by atoms with Gasteiger partial charge in [0.05, 0.1) is 0 Å². The van der Waals surface area contributed by atoms with Crippen molar-refractivity contribution in [2.45, 2.75) is 32.0 Å². The number of nitrogens with two attached hydrogens (primary N) is 2. The molecule has 0 fully saturated rings. The summed E-state index contributed by atoms with van der Waals surface area (Å²) in [5.74, 6) is -4.28. The first kappa shape index (κ1) is 31.7. The van der Waals surface area contributed by atoms with Crippen molar-refractivity contribution in [3.05, 3.63) is 70.1 Å². The smallest absolute Gasteiger partial charge is 0.480 e. The molecule has 0 saturated heterocycles. The van der Waals surface area contributed by atoms with E-state index in [1.54, 1.807) is 24.3 Å². The molecule has 4 rings (SSSR count). The zero-order chi connectivity index (χ0) is 29.9. The van der Waals surface area contributed by atoms with Crippen LogP contribution < -0.4 is 21.7 Å². The summed E-state index contributed by atoms with van der Waals surface area (Å²) in [6, 6.07) is 12.9. The number of hydrogen-bond donors (Lipinski definition) is 5. The first-order chi connectivity index (χ1) is 18.8. The first-order valence-corrected chi connectivity index (χ1v) is 12.4. The summed E-state index contributed by atoms with van der Waals surface area (Å²) in [5, 5.41) is 20.3. The summed E-state index contributed by atoms with van der Waals surface area (Å²) in [5.41, 5.74) is 16.1. The molecule has 2 amide bonds. The summed E-state index contributed by atoms with van der Waals surface area (Å²) < 4.78 is 31.7. The van der Waals surface area contributed by atoms with Crippen molar-refractivity contribution in [2.24, 2.45) is 5.73 Å². The molecule has 1 heterocycles. The van der Waals surface area contributed by atoms with Crippen LogP contribution in [0.4, 0.5) is 29.8 Å². The standard InChI is InChI=1S/C14H14N4O4S.C9H11N.C2HF3O2/c15-5-9-2-1-3-10(4-9)13(22)18(6-12(20)21)11-7-23-14(17-11)16-8-19;10-9-5-4-7-2-1-3-8(7)6-9;3-2(4,5)1(6)7/h1-4,7-8H,5-6,15H2,(H,20,21)(H,16,17,19);4-6H,1-3,10H2;(H,6,7). The van der Waals surface area contributed by atoms with Gasteiger partial charge in [-0.25, -0.2) is 9.78 Å². The molecule has 0 bridgehead atoms. The maximum atomic E-state index is 12.6. The molecular weight excluding hydrogens is 555 g/mol. The molecule has 0 radical (unpaired) electrons. The number of nitrogen functional groups attached to an aromatic ring is 1. The van der Waals surface area contributed by atoms with Gasteiger partial charge in [0.1, 0.15) is 12.4 Å². The molecule has 15 heteroatoms. The fourth-order valence-corrected chi connectivity index (χ4v) is 4.14. The fraction of sp³-hybridized carbons (Fsp3) is 0.240. The number of hydrogen-bond acceptors (Lipinski definition) is 8.